The summed E-state index contributed by atoms with van der Waals surface area (Å²) in [4.78, 5) is 0. The van der Waals surface area contributed by atoms with Crippen molar-refractivity contribution in [3.05, 3.63) is 0 Å². The Morgan fingerprint density at radius 1 is 0.929 bits per heavy atom. The minimum Gasteiger partial charge on any atom is -1.00 e. The Kier molecular flexibility index (Phi) is 14.6. The van der Waals surface area contributed by atoms with E-state index in [0.717, 1.165) is 0 Å². The normalized spacial score (nSPS) is 11.7. The van der Waals surface area contributed by atoms with Gasteiger partial charge in [-0.3, -0.25) is 9.11 Å². The van der Waals surface area contributed by atoms with Gasteiger partial charge in [-0.25, -0.2) is 0 Å². The summed E-state index contributed by atoms with van der Waals surface area (Å²) in [6, 6.07) is 0. The first-order valence-corrected chi connectivity index (χ1v) is 5.04. The van der Waals surface area contributed by atoms with Gasteiger partial charge in [-0.05, 0) is 6.92 Å². The molecule has 0 rings (SSSR count). The molecular formula is C2H9Na3O7S2. The van der Waals surface area contributed by atoms with Gasteiger partial charge in [-0.2, -0.15) is 16.8 Å². The van der Waals surface area contributed by atoms with Crippen LogP contribution < -0.4 is 88.7 Å². The van der Waals surface area contributed by atoms with Gasteiger partial charge < -0.3 is 9.39 Å². The van der Waals surface area contributed by atoms with E-state index in [1.807, 2.05) is 0 Å². The average Bonchev–Trinajstić information content (AvgIpc) is 1.58. The third-order valence-corrected chi connectivity index (χ3v) is 4.14. The van der Waals surface area contributed by atoms with Gasteiger partial charge in [0.25, 0.3) is 0 Å². The molecule has 0 aromatic rings. The predicted octanol–water partition coefficient (Wildman–Crippen LogP) is -10.2. The van der Waals surface area contributed by atoms with Gasteiger partial charge in [0.15, 0.2) is 0 Å². The molecule has 0 atom stereocenters. The van der Waals surface area contributed by atoms with E-state index in [1.165, 1.54) is 0 Å². The molecule has 0 radical (unpaired) electrons. The molecule has 0 amide bonds. The van der Waals surface area contributed by atoms with E-state index in [4.69, 9.17) is 14.2 Å². The van der Waals surface area contributed by atoms with Gasteiger partial charge in [0.2, 0.25) is 0 Å². The maximum absolute atomic E-state index is 10.1. The molecule has 12 heteroatoms. The zero-order valence-electron chi connectivity index (χ0n) is 11.3. The van der Waals surface area contributed by atoms with Crippen LogP contribution in [0.15, 0.2) is 0 Å². The minimum atomic E-state index is -5.24. The van der Waals surface area contributed by atoms with Crippen LogP contribution >= 0.6 is 0 Å². The molecule has 0 aromatic carbocycles. The second kappa shape index (κ2) is 7.98. The molecule has 74 valence electrons. The second-order valence-corrected chi connectivity index (χ2v) is 5.60. The van der Waals surface area contributed by atoms with E-state index in [0.29, 0.717) is 0 Å². The number of hydrogen-bond donors (Lipinski definition) is 3. The van der Waals surface area contributed by atoms with Crippen molar-refractivity contribution in [2.75, 3.05) is 0 Å². The van der Waals surface area contributed by atoms with Crippen molar-refractivity contribution >= 4 is 20.2 Å². The van der Waals surface area contributed by atoms with Gasteiger partial charge >= 0.3 is 113 Å². The zero-order valence-corrected chi connectivity index (χ0v) is 15.9. The van der Waals surface area contributed by atoms with E-state index in [1.54, 1.807) is 0 Å². The summed E-state index contributed by atoms with van der Waals surface area (Å²) in [7, 11) is -10.5. The maximum atomic E-state index is 10.1. The largest absolute Gasteiger partial charge is 1.00 e. The maximum Gasteiger partial charge on any atom is 1.00 e. The zero-order chi connectivity index (χ0) is 9.50. The van der Waals surface area contributed by atoms with Crippen molar-refractivity contribution in [2.45, 2.75) is 11.2 Å². The van der Waals surface area contributed by atoms with E-state index in [2.05, 4.69) is 0 Å². The molecule has 0 saturated heterocycles. The number of aliphatic hydroxyl groups is 1. The summed E-state index contributed by atoms with van der Waals surface area (Å²) in [6.07, 6.45) is 0. The topological polar surface area (TPSA) is 129 Å². The van der Waals surface area contributed by atoms with Crippen LogP contribution in [0.25, 0.3) is 0 Å². The molecule has 0 spiro atoms. The summed E-state index contributed by atoms with van der Waals surface area (Å²) in [5, 5.41) is 8.51. The van der Waals surface area contributed by atoms with Crippen LogP contribution in [0.5, 0.6) is 0 Å². The van der Waals surface area contributed by atoms with Crippen LogP contribution in [0.4, 0.5) is 0 Å². The number of hydrogen-bond acceptors (Lipinski definition) is 5. The van der Waals surface area contributed by atoms with Gasteiger partial charge in [0, 0.05) is 0 Å². The van der Waals surface area contributed by atoms with Crippen molar-refractivity contribution in [1.82, 2.24) is 0 Å². The monoisotopic (exact) mass is 278 g/mol. The Morgan fingerprint density at radius 2 is 1.07 bits per heavy atom. The van der Waals surface area contributed by atoms with Gasteiger partial charge in [-0.15, -0.1) is 0 Å². The Bertz CT molecular complexity index is 319. The van der Waals surface area contributed by atoms with Crippen LogP contribution in [0.2, 0.25) is 0 Å². The van der Waals surface area contributed by atoms with Crippen molar-refractivity contribution < 1.29 is 124 Å². The molecule has 0 aromatic heterocycles. The van der Waals surface area contributed by atoms with Gasteiger partial charge in [0.05, 0.1) is 0 Å². The fourth-order valence-electron chi connectivity index (χ4n) is 0.133. The van der Waals surface area contributed by atoms with Crippen LogP contribution in [0.1, 0.15) is 11.2 Å². The molecule has 3 N–H and O–H groups in total. The predicted molar refractivity (Wildman–Crippen MR) is 37.1 cm³/mol. The summed E-state index contributed by atoms with van der Waals surface area (Å²) in [5.41, 5.74) is 0. The first-order chi connectivity index (χ1) is 4.50. The first kappa shape index (κ1) is 25.6. The summed E-state index contributed by atoms with van der Waals surface area (Å²) in [5.74, 6) is 0. The summed E-state index contributed by atoms with van der Waals surface area (Å²) < 4.78 is 52.8. The van der Waals surface area contributed by atoms with E-state index in [-0.39, 0.29) is 99.9 Å². The SMILES string of the molecule is CC(O)(S(=O)(=O)O)S(=O)(=O)O.[H-].[H-].[H-].[Na+].[Na+].[Na+]. The van der Waals surface area contributed by atoms with Crippen molar-refractivity contribution in [3.8, 4) is 0 Å². The molecule has 14 heavy (non-hydrogen) atoms. The van der Waals surface area contributed by atoms with Crippen molar-refractivity contribution in [2.24, 2.45) is 0 Å². The van der Waals surface area contributed by atoms with E-state index in [9.17, 15) is 16.8 Å². The quantitative estimate of drug-likeness (QED) is 0.338. The second-order valence-electron chi connectivity index (χ2n) is 1.85. The molecule has 7 nitrogen and oxygen atoms in total. The van der Waals surface area contributed by atoms with Gasteiger partial charge in [0.1, 0.15) is 0 Å². The number of rotatable bonds is 2. The molecular weight excluding hydrogens is 269 g/mol. The summed E-state index contributed by atoms with van der Waals surface area (Å²) in [6.45, 7) is 0.234. The molecule has 0 aliphatic carbocycles. The van der Waals surface area contributed by atoms with Gasteiger partial charge in [-0.1, -0.05) is 0 Å². The van der Waals surface area contributed by atoms with Crippen LogP contribution in [0.3, 0.4) is 0 Å². The molecule has 0 bridgehead atoms. The fraction of sp³-hybridized carbons (Fsp3) is 1.00. The molecule has 0 heterocycles. The molecule has 0 aliphatic heterocycles. The van der Waals surface area contributed by atoms with Crippen LogP contribution in [-0.2, 0) is 20.2 Å². The molecule has 0 aliphatic rings. The minimum absolute atomic E-state index is 0. The molecule has 0 unspecified atom stereocenters. The Labute approximate surface area is 153 Å². The first-order valence-electron chi connectivity index (χ1n) is 2.16. The van der Waals surface area contributed by atoms with Crippen LogP contribution in [-0.4, -0.2) is 35.3 Å². The molecule has 0 fully saturated rings. The third-order valence-electron chi connectivity index (χ3n) is 0.957. The Hall–Kier alpha value is 2.78. The average molecular weight is 278 g/mol. The van der Waals surface area contributed by atoms with Crippen molar-refractivity contribution in [3.63, 3.8) is 0 Å². The Morgan fingerprint density at radius 3 is 1.07 bits per heavy atom. The van der Waals surface area contributed by atoms with E-state index >= 15 is 0 Å². The molecule has 0 saturated carbocycles. The van der Waals surface area contributed by atoms with E-state index < -0.39 is 24.5 Å². The summed E-state index contributed by atoms with van der Waals surface area (Å²) >= 11 is 0. The standard InChI is InChI=1S/C2H6O7S2.3Na.3H/c1-2(3,10(4,5)6)11(7,8)9;;;;;;/h3H,1H3,(H,4,5,6)(H,7,8,9);;;;;;/q;3*+1;3*-1. The third kappa shape index (κ3) is 6.50. The van der Waals surface area contributed by atoms with Crippen LogP contribution in [0, 0.1) is 0 Å². The fourth-order valence-corrected chi connectivity index (χ4v) is 1.20. The Balaban J connectivity index is -0.0000000333. The van der Waals surface area contributed by atoms with Crippen molar-refractivity contribution in [1.29, 1.82) is 0 Å². The smallest absolute Gasteiger partial charge is 1.00 e.